The van der Waals surface area contributed by atoms with Crippen LogP contribution in [0.4, 0.5) is 0 Å². The van der Waals surface area contributed by atoms with E-state index in [9.17, 15) is 0 Å². The topological polar surface area (TPSA) is 82.9 Å². The number of nitrogens with zero attached hydrogens (tertiary/aromatic N) is 1. The van der Waals surface area contributed by atoms with E-state index in [1.54, 1.807) is 14.0 Å². The Hall–Kier alpha value is -1.07. The van der Waals surface area contributed by atoms with E-state index in [-0.39, 0.29) is 0 Å². The van der Waals surface area contributed by atoms with E-state index in [0.29, 0.717) is 24.6 Å². The first kappa shape index (κ1) is 10.0. The second-order valence-electron chi connectivity index (χ2n) is 2.84. The Morgan fingerprint density at radius 1 is 1.46 bits per heavy atom. The Morgan fingerprint density at radius 3 is 2.38 bits per heavy atom. The van der Waals surface area contributed by atoms with Crippen LogP contribution in [0.15, 0.2) is 16.9 Å². The van der Waals surface area contributed by atoms with Crippen LogP contribution in [0.1, 0.15) is 6.92 Å². The van der Waals surface area contributed by atoms with E-state index in [1.165, 1.54) is 6.20 Å². The van der Waals surface area contributed by atoms with Crippen LogP contribution >= 0.6 is 0 Å². The average Bonchev–Trinajstić information content (AvgIpc) is 2.53. The quantitative estimate of drug-likeness (QED) is 0.572. The lowest BCUT2D eigenvalue weighted by Gasteiger charge is -2.24. The van der Waals surface area contributed by atoms with Gasteiger partial charge in [0.15, 0.2) is 0 Å². The number of ether oxygens (including phenoxy) is 2. The zero-order chi connectivity index (χ0) is 9.90. The maximum Gasteiger partial charge on any atom is 0.211 e. The van der Waals surface area contributed by atoms with Crippen molar-refractivity contribution >= 4 is 5.71 Å². The second-order valence-corrected chi connectivity index (χ2v) is 2.84. The molecule has 0 aromatic rings. The Balaban J connectivity index is 2.89. The second kappa shape index (κ2) is 3.76. The van der Waals surface area contributed by atoms with Crippen molar-refractivity contribution in [3.05, 3.63) is 11.9 Å². The molecule has 0 aliphatic carbocycles. The molecule has 0 unspecified atom stereocenters. The van der Waals surface area contributed by atoms with Crippen LogP contribution in [0.5, 0.6) is 0 Å². The van der Waals surface area contributed by atoms with Gasteiger partial charge in [-0.05, 0) is 6.92 Å². The van der Waals surface area contributed by atoms with Crippen LogP contribution in [0.3, 0.4) is 0 Å². The number of hydrogen-bond acceptors (Lipinski definition) is 5. The van der Waals surface area contributed by atoms with Gasteiger partial charge in [0.2, 0.25) is 5.79 Å². The Labute approximate surface area is 77.4 Å². The molecule has 13 heavy (non-hydrogen) atoms. The highest BCUT2D eigenvalue weighted by Gasteiger charge is 2.37. The monoisotopic (exact) mass is 185 g/mol. The van der Waals surface area contributed by atoms with Crippen LogP contribution in [0.2, 0.25) is 0 Å². The molecule has 1 saturated heterocycles. The molecule has 0 aromatic carbocycles. The summed E-state index contributed by atoms with van der Waals surface area (Å²) in [6.45, 7) is 2.87. The van der Waals surface area contributed by atoms with Gasteiger partial charge < -0.3 is 20.9 Å². The van der Waals surface area contributed by atoms with Crippen LogP contribution < -0.4 is 11.5 Å². The number of rotatable bonds is 2. The summed E-state index contributed by atoms with van der Waals surface area (Å²) in [5.74, 6) is -0.839. The van der Waals surface area contributed by atoms with Gasteiger partial charge in [-0.1, -0.05) is 0 Å². The molecule has 1 aliphatic heterocycles. The SMILES string of the molecule is CN=C(C(N)=CN)C1(C)OCCO1. The van der Waals surface area contributed by atoms with Crippen LogP contribution in [-0.2, 0) is 9.47 Å². The van der Waals surface area contributed by atoms with Gasteiger partial charge in [-0.25, -0.2) is 0 Å². The average molecular weight is 185 g/mol. The van der Waals surface area contributed by atoms with Crippen molar-refractivity contribution in [3.8, 4) is 0 Å². The van der Waals surface area contributed by atoms with Crippen LogP contribution in [-0.4, -0.2) is 31.8 Å². The Kier molecular flexibility index (Phi) is 2.90. The molecule has 0 aromatic heterocycles. The van der Waals surface area contributed by atoms with E-state index < -0.39 is 5.79 Å². The molecule has 4 N–H and O–H groups in total. The summed E-state index contributed by atoms with van der Waals surface area (Å²) in [6, 6.07) is 0. The lowest BCUT2D eigenvalue weighted by molar-refractivity contribution is -0.0813. The molecule has 5 nitrogen and oxygen atoms in total. The normalized spacial score (nSPS) is 23.5. The van der Waals surface area contributed by atoms with Gasteiger partial charge in [0.1, 0.15) is 5.71 Å². The van der Waals surface area contributed by atoms with Gasteiger partial charge in [-0.15, -0.1) is 0 Å². The first-order valence-corrected chi connectivity index (χ1v) is 4.07. The van der Waals surface area contributed by atoms with Crippen molar-refractivity contribution in [1.82, 2.24) is 0 Å². The molecule has 0 atom stereocenters. The highest BCUT2D eigenvalue weighted by atomic mass is 16.7. The summed E-state index contributed by atoms with van der Waals surface area (Å²) >= 11 is 0. The highest BCUT2D eigenvalue weighted by molar-refractivity contribution is 6.04. The molecule has 0 bridgehead atoms. The molecule has 1 rings (SSSR count). The number of aliphatic imine (C=N–C) groups is 1. The molecule has 1 fully saturated rings. The first-order valence-electron chi connectivity index (χ1n) is 4.07. The highest BCUT2D eigenvalue weighted by Crippen LogP contribution is 2.22. The fourth-order valence-electron chi connectivity index (χ4n) is 1.32. The summed E-state index contributed by atoms with van der Waals surface area (Å²) in [6.07, 6.45) is 1.29. The predicted molar refractivity (Wildman–Crippen MR) is 50.1 cm³/mol. The maximum absolute atomic E-state index is 5.64. The Morgan fingerprint density at radius 2 is 2.00 bits per heavy atom. The van der Waals surface area contributed by atoms with Gasteiger partial charge in [-0.3, -0.25) is 4.99 Å². The van der Waals surface area contributed by atoms with Crippen molar-refractivity contribution in [2.75, 3.05) is 20.3 Å². The minimum atomic E-state index is -0.839. The molecular weight excluding hydrogens is 170 g/mol. The summed E-state index contributed by atoms with van der Waals surface area (Å²) in [4.78, 5) is 4.01. The van der Waals surface area contributed by atoms with Gasteiger partial charge in [0.25, 0.3) is 0 Å². The van der Waals surface area contributed by atoms with Crippen molar-refractivity contribution in [2.24, 2.45) is 16.5 Å². The lowest BCUT2D eigenvalue weighted by atomic mass is 10.1. The van der Waals surface area contributed by atoms with Crippen molar-refractivity contribution in [1.29, 1.82) is 0 Å². The smallest absolute Gasteiger partial charge is 0.211 e. The fraction of sp³-hybridized carbons (Fsp3) is 0.625. The standard InChI is InChI=1S/C8H15N3O2/c1-8(12-3-4-13-8)7(11-2)6(10)5-9/h5H,3-4,9-10H2,1-2H3. The molecule has 1 aliphatic rings. The molecule has 0 spiro atoms. The molecule has 74 valence electrons. The van der Waals surface area contributed by atoms with E-state index in [4.69, 9.17) is 20.9 Å². The van der Waals surface area contributed by atoms with E-state index in [1.807, 2.05) is 0 Å². The van der Waals surface area contributed by atoms with E-state index >= 15 is 0 Å². The fourth-order valence-corrected chi connectivity index (χ4v) is 1.32. The molecule has 0 radical (unpaired) electrons. The molecule has 0 saturated carbocycles. The summed E-state index contributed by atoms with van der Waals surface area (Å²) in [7, 11) is 1.63. The third-order valence-electron chi connectivity index (χ3n) is 1.95. The third kappa shape index (κ3) is 1.81. The Bertz CT molecular complexity index is 242. The van der Waals surface area contributed by atoms with Gasteiger partial charge in [0.05, 0.1) is 18.9 Å². The molecule has 0 amide bonds. The zero-order valence-electron chi connectivity index (χ0n) is 7.91. The number of nitrogens with two attached hydrogens (primary N) is 2. The van der Waals surface area contributed by atoms with Gasteiger partial charge in [-0.2, -0.15) is 0 Å². The summed E-state index contributed by atoms with van der Waals surface area (Å²) in [5.41, 5.74) is 11.9. The van der Waals surface area contributed by atoms with Gasteiger partial charge >= 0.3 is 0 Å². The number of hydrogen-bond donors (Lipinski definition) is 2. The van der Waals surface area contributed by atoms with Crippen molar-refractivity contribution in [3.63, 3.8) is 0 Å². The molecule has 1 heterocycles. The lowest BCUT2D eigenvalue weighted by Crippen LogP contribution is -2.40. The van der Waals surface area contributed by atoms with Crippen molar-refractivity contribution in [2.45, 2.75) is 12.7 Å². The largest absolute Gasteiger partial charge is 0.403 e. The molecular formula is C8H15N3O2. The van der Waals surface area contributed by atoms with E-state index in [2.05, 4.69) is 4.99 Å². The summed E-state index contributed by atoms with van der Waals surface area (Å²) < 4.78 is 10.8. The predicted octanol–water partition coefficient (Wildman–Crippen LogP) is -0.421. The maximum atomic E-state index is 5.64. The zero-order valence-corrected chi connectivity index (χ0v) is 7.91. The first-order chi connectivity index (χ1) is 6.14. The van der Waals surface area contributed by atoms with Gasteiger partial charge in [0, 0.05) is 13.2 Å². The van der Waals surface area contributed by atoms with Crippen LogP contribution in [0, 0.1) is 0 Å². The van der Waals surface area contributed by atoms with Crippen LogP contribution in [0.25, 0.3) is 0 Å². The third-order valence-corrected chi connectivity index (χ3v) is 1.95. The minimum Gasteiger partial charge on any atom is -0.403 e. The molecule has 5 heteroatoms. The van der Waals surface area contributed by atoms with Crippen molar-refractivity contribution < 1.29 is 9.47 Å². The van der Waals surface area contributed by atoms with E-state index in [0.717, 1.165) is 0 Å². The summed E-state index contributed by atoms with van der Waals surface area (Å²) in [5, 5.41) is 0. The minimum absolute atomic E-state index is 0.381.